The molecule has 0 aliphatic rings. The molecule has 8 nitrogen and oxygen atoms in total. The number of aromatic nitrogens is 1. The van der Waals surface area contributed by atoms with Crippen LogP contribution < -0.4 is 10.3 Å². The number of hydrazine groups is 1. The van der Waals surface area contributed by atoms with Gasteiger partial charge in [0.15, 0.2) is 0 Å². The fourth-order valence-electron chi connectivity index (χ4n) is 1.86. The van der Waals surface area contributed by atoms with Crippen LogP contribution >= 0.6 is 11.3 Å². The van der Waals surface area contributed by atoms with Crippen molar-refractivity contribution in [1.29, 1.82) is 0 Å². The van der Waals surface area contributed by atoms with Crippen LogP contribution in [-0.2, 0) is 26.0 Å². The molecule has 1 aromatic carbocycles. The van der Waals surface area contributed by atoms with Gasteiger partial charge in [0.2, 0.25) is 5.91 Å². The van der Waals surface area contributed by atoms with Crippen LogP contribution in [0, 0.1) is 6.92 Å². The van der Waals surface area contributed by atoms with Crippen LogP contribution in [0.3, 0.4) is 0 Å². The molecule has 0 atom stereocenters. The van der Waals surface area contributed by atoms with Crippen LogP contribution in [0.1, 0.15) is 21.1 Å². The van der Waals surface area contributed by atoms with Gasteiger partial charge in [0, 0.05) is 5.38 Å². The van der Waals surface area contributed by atoms with E-state index >= 15 is 0 Å². The molecule has 0 unspecified atom stereocenters. The number of aryl methyl sites for hydroxylation is 1. The molecule has 1 aromatic heterocycles. The van der Waals surface area contributed by atoms with Gasteiger partial charge in [-0.1, -0.05) is 12.1 Å². The number of methoxy groups -OCH3 is 1. The molecule has 0 spiro atoms. The monoisotopic (exact) mass is 369 g/mol. The molecule has 0 aliphatic carbocycles. The number of esters is 1. The number of nitrogens with zero attached hydrogens (tertiary/aromatic N) is 1. The van der Waals surface area contributed by atoms with Gasteiger partial charge in [-0.05, 0) is 19.1 Å². The van der Waals surface area contributed by atoms with E-state index in [-0.39, 0.29) is 16.9 Å². The van der Waals surface area contributed by atoms with Crippen molar-refractivity contribution in [2.24, 2.45) is 0 Å². The molecule has 0 bridgehead atoms. The molecular weight excluding hydrogens is 354 g/mol. The summed E-state index contributed by atoms with van der Waals surface area (Å²) in [7, 11) is -2.98. The molecule has 0 radical (unpaired) electrons. The zero-order valence-electron chi connectivity index (χ0n) is 12.9. The summed E-state index contributed by atoms with van der Waals surface area (Å²) in [4.78, 5) is 29.3. The first kappa shape index (κ1) is 18.0. The van der Waals surface area contributed by atoms with Crippen LogP contribution in [0.4, 0.5) is 0 Å². The third-order valence-electron chi connectivity index (χ3n) is 2.91. The topological polar surface area (TPSA) is 114 Å². The van der Waals surface area contributed by atoms with Gasteiger partial charge in [0.1, 0.15) is 0 Å². The summed E-state index contributed by atoms with van der Waals surface area (Å²) in [5.74, 6) is -1.36. The summed E-state index contributed by atoms with van der Waals surface area (Å²) in [6.45, 7) is 1.80. The van der Waals surface area contributed by atoms with Crippen LogP contribution in [-0.4, -0.2) is 32.4 Å². The average molecular weight is 369 g/mol. The van der Waals surface area contributed by atoms with Crippen molar-refractivity contribution in [3.05, 3.63) is 45.9 Å². The number of hydrogen-bond acceptors (Lipinski definition) is 7. The van der Waals surface area contributed by atoms with E-state index in [0.29, 0.717) is 5.69 Å². The number of rotatable bonds is 6. The predicted molar refractivity (Wildman–Crippen MR) is 86.8 cm³/mol. The Morgan fingerprint density at radius 3 is 2.62 bits per heavy atom. The maximum atomic E-state index is 12.3. The third-order valence-corrected chi connectivity index (χ3v) is 5.04. The smallest absolute Gasteiger partial charge is 0.339 e. The van der Waals surface area contributed by atoms with Crippen LogP contribution in [0.2, 0.25) is 0 Å². The van der Waals surface area contributed by atoms with E-state index in [9.17, 15) is 18.0 Å². The number of sulfonamides is 1. The van der Waals surface area contributed by atoms with E-state index in [4.69, 9.17) is 0 Å². The number of nitrogens with one attached hydrogen (secondary N) is 2. The highest BCUT2D eigenvalue weighted by atomic mass is 32.2. The highest BCUT2D eigenvalue weighted by Gasteiger charge is 2.23. The quantitative estimate of drug-likeness (QED) is 0.575. The van der Waals surface area contributed by atoms with Gasteiger partial charge in [0.25, 0.3) is 10.0 Å². The number of hydrogen-bond donors (Lipinski definition) is 2. The molecule has 0 saturated carbocycles. The zero-order valence-corrected chi connectivity index (χ0v) is 14.5. The Hall–Kier alpha value is -2.30. The summed E-state index contributed by atoms with van der Waals surface area (Å²) in [5.41, 5.74) is 2.52. The maximum absolute atomic E-state index is 12.3. The predicted octanol–water partition coefficient (Wildman–Crippen LogP) is 0.790. The average Bonchev–Trinajstić information content (AvgIpc) is 2.97. The van der Waals surface area contributed by atoms with Gasteiger partial charge in [-0.15, -0.1) is 16.2 Å². The molecule has 0 aliphatic heterocycles. The normalized spacial score (nSPS) is 11.1. The van der Waals surface area contributed by atoms with E-state index in [0.717, 1.165) is 12.1 Å². The SMILES string of the molecule is COC(=O)c1ccccc1S(=O)(=O)NNC(=O)Cc1csc(C)n1. The lowest BCUT2D eigenvalue weighted by atomic mass is 10.2. The summed E-state index contributed by atoms with van der Waals surface area (Å²) < 4.78 is 29.1. The Labute approximate surface area is 142 Å². The Kier molecular flexibility index (Phi) is 5.65. The fraction of sp³-hybridized carbons (Fsp3) is 0.214. The molecule has 2 rings (SSSR count). The summed E-state index contributed by atoms with van der Waals surface area (Å²) in [6.07, 6.45) is -0.0640. The lowest BCUT2D eigenvalue weighted by Crippen LogP contribution is -2.42. The minimum absolute atomic E-state index is 0.0640. The minimum Gasteiger partial charge on any atom is -0.465 e. The van der Waals surface area contributed by atoms with Crippen molar-refractivity contribution in [2.45, 2.75) is 18.2 Å². The van der Waals surface area contributed by atoms with E-state index in [1.807, 2.05) is 4.83 Å². The second-order valence-corrected chi connectivity index (χ2v) is 7.39. The Morgan fingerprint density at radius 1 is 1.29 bits per heavy atom. The molecule has 2 aromatic rings. The second kappa shape index (κ2) is 7.51. The molecule has 2 N–H and O–H groups in total. The number of thiazole rings is 1. The summed E-state index contributed by atoms with van der Waals surface area (Å²) in [6, 6.07) is 5.53. The van der Waals surface area contributed by atoms with Crippen molar-refractivity contribution in [3.8, 4) is 0 Å². The minimum atomic E-state index is -4.13. The van der Waals surface area contributed by atoms with E-state index in [1.165, 1.54) is 35.6 Å². The highest BCUT2D eigenvalue weighted by molar-refractivity contribution is 7.89. The Morgan fingerprint density at radius 2 is 2.00 bits per heavy atom. The largest absolute Gasteiger partial charge is 0.465 e. The lowest BCUT2D eigenvalue weighted by molar-refractivity contribution is -0.120. The van der Waals surface area contributed by atoms with E-state index in [1.54, 1.807) is 12.3 Å². The summed E-state index contributed by atoms with van der Waals surface area (Å²) >= 11 is 1.39. The van der Waals surface area contributed by atoms with Crippen molar-refractivity contribution in [2.75, 3.05) is 7.11 Å². The van der Waals surface area contributed by atoms with Gasteiger partial charge in [-0.3, -0.25) is 10.2 Å². The third kappa shape index (κ3) is 4.37. The Bertz CT molecular complexity index is 861. The van der Waals surface area contributed by atoms with Crippen molar-refractivity contribution in [1.82, 2.24) is 15.2 Å². The van der Waals surface area contributed by atoms with Crippen LogP contribution in [0.5, 0.6) is 0 Å². The highest BCUT2D eigenvalue weighted by Crippen LogP contribution is 2.15. The van der Waals surface area contributed by atoms with Gasteiger partial charge in [-0.2, -0.15) is 0 Å². The lowest BCUT2D eigenvalue weighted by Gasteiger charge is -2.10. The van der Waals surface area contributed by atoms with Crippen molar-refractivity contribution >= 4 is 33.2 Å². The van der Waals surface area contributed by atoms with E-state index < -0.39 is 21.9 Å². The number of ether oxygens (including phenoxy) is 1. The number of amides is 1. The second-order valence-electron chi connectivity index (χ2n) is 4.68. The number of benzene rings is 1. The molecule has 0 fully saturated rings. The first-order valence-electron chi connectivity index (χ1n) is 6.72. The first-order chi connectivity index (χ1) is 11.3. The van der Waals surface area contributed by atoms with Gasteiger partial charge >= 0.3 is 5.97 Å². The van der Waals surface area contributed by atoms with Crippen molar-refractivity contribution < 1.29 is 22.7 Å². The molecule has 1 amide bonds. The van der Waals surface area contributed by atoms with Gasteiger partial charge in [0.05, 0.1) is 34.7 Å². The molecule has 128 valence electrons. The maximum Gasteiger partial charge on any atom is 0.339 e. The summed E-state index contributed by atoms with van der Waals surface area (Å²) in [5, 5.41) is 2.53. The number of carbonyl (C=O) groups is 2. The molecule has 0 saturated heterocycles. The molecule has 24 heavy (non-hydrogen) atoms. The standard InChI is InChI=1S/C14H15N3O5S2/c1-9-15-10(8-23-9)7-13(18)16-17-24(20,21)12-6-4-3-5-11(12)14(19)22-2/h3-6,8,17H,7H2,1-2H3,(H,16,18). The molecular formula is C14H15N3O5S2. The van der Waals surface area contributed by atoms with Gasteiger partial charge in [-0.25, -0.2) is 18.2 Å². The molecule has 10 heteroatoms. The fourth-order valence-corrected chi connectivity index (χ4v) is 3.53. The van der Waals surface area contributed by atoms with E-state index in [2.05, 4.69) is 15.1 Å². The zero-order chi connectivity index (χ0) is 17.7. The number of carbonyl (C=O) groups excluding carboxylic acids is 2. The van der Waals surface area contributed by atoms with Crippen LogP contribution in [0.15, 0.2) is 34.5 Å². The van der Waals surface area contributed by atoms with Gasteiger partial charge < -0.3 is 4.74 Å². The van der Waals surface area contributed by atoms with Crippen molar-refractivity contribution in [3.63, 3.8) is 0 Å². The Balaban J connectivity index is 2.09. The first-order valence-corrected chi connectivity index (χ1v) is 9.09. The van der Waals surface area contributed by atoms with Crippen LogP contribution in [0.25, 0.3) is 0 Å². The molecule has 1 heterocycles.